The van der Waals surface area contributed by atoms with Gasteiger partial charge in [-0.1, -0.05) is 20.8 Å². The highest BCUT2D eigenvalue weighted by Crippen LogP contribution is 2.46. The third-order valence-corrected chi connectivity index (χ3v) is 10.4. The molecule has 2 rings (SSSR count). The first-order valence-electron chi connectivity index (χ1n) is 8.94. The van der Waals surface area contributed by atoms with E-state index in [1.165, 1.54) is 16.7 Å². The Hall–Kier alpha value is -1.00. The number of ether oxygens (including phenoxy) is 1. The average Bonchev–Trinajstić information content (AvgIpc) is 2.48. The number of aliphatic hydroxyl groups is 1. The van der Waals surface area contributed by atoms with Gasteiger partial charge in [0.1, 0.15) is 17.1 Å². The molecule has 1 aromatic rings. The highest BCUT2D eigenvalue weighted by molar-refractivity contribution is 6.74. The van der Waals surface area contributed by atoms with E-state index in [9.17, 15) is 5.11 Å². The Bertz CT molecular complexity index is 644. The van der Waals surface area contributed by atoms with Crippen LogP contribution in [0.25, 0.3) is 0 Å². The molecule has 0 saturated heterocycles. The topological polar surface area (TPSA) is 38.7 Å². The van der Waals surface area contributed by atoms with Gasteiger partial charge in [-0.25, -0.2) is 0 Å². The van der Waals surface area contributed by atoms with Crippen molar-refractivity contribution in [2.24, 2.45) is 0 Å². The maximum atomic E-state index is 9.66. The molecular weight excluding hydrogens is 316 g/mol. The van der Waals surface area contributed by atoms with Crippen molar-refractivity contribution < 1.29 is 14.3 Å². The summed E-state index contributed by atoms with van der Waals surface area (Å²) >= 11 is 0. The first-order valence-corrected chi connectivity index (χ1v) is 11.9. The van der Waals surface area contributed by atoms with E-state index in [2.05, 4.69) is 54.6 Å². The van der Waals surface area contributed by atoms with Crippen LogP contribution in [0.3, 0.4) is 0 Å². The Kier molecular flexibility index (Phi) is 4.88. The van der Waals surface area contributed by atoms with Gasteiger partial charge in [0.15, 0.2) is 0 Å². The smallest absolute Gasteiger partial charge is 0.250 e. The van der Waals surface area contributed by atoms with Crippen LogP contribution in [0.5, 0.6) is 11.5 Å². The number of rotatable bonds is 3. The molecule has 24 heavy (non-hydrogen) atoms. The van der Waals surface area contributed by atoms with Crippen LogP contribution in [0, 0.1) is 20.8 Å². The minimum Gasteiger partial charge on any atom is -0.543 e. The molecular formula is C20H34O3Si. The van der Waals surface area contributed by atoms with Crippen LogP contribution in [0.2, 0.25) is 18.1 Å². The second-order valence-electron chi connectivity index (χ2n) is 9.08. The van der Waals surface area contributed by atoms with Crippen molar-refractivity contribution in [3.05, 3.63) is 22.3 Å². The molecule has 136 valence electrons. The standard InChI is InChI=1S/C20H34O3Si/c1-13-14(2)18-16(10-11-20(7,12-21)22-18)15(3)17(13)23-24(8,9)19(4,5)6/h21H,10-12H2,1-9H3. The van der Waals surface area contributed by atoms with Crippen LogP contribution >= 0.6 is 0 Å². The predicted molar refractivity (Wildman–Crippen MR) is 103 cm³/mol. The second kappa shape index (κ2) is 6.06. The SMILES string of the molecule is Cc1c(C)c2c(c(C)c1O[Si](C)(C)C(C)(C)C)CCC(C)(CO)O2. The molecule has 0 amide bonds. The molecule has 1 heterocycles. The summed E-state index contributed by atoms with van der Waals surface area (Å²) in [5.74, 6) is 2.00. The molecule has 1 aromatic carbocycles. The quantitative estimate of drug-likeness (QED) is 0.773. The van der Waals surface area contributed by atoms with E-state index < -0.39 is 13.9 Å². The number of hydrogen-bond acceptors (Lipinski definition) is 3. The molecule has 0 fully saturated rings. The van der Waals surface area contributed by atoms with Crippen LogP contribution in [0.1, 0.15) is 56.4 Å². The summed E-state index contributed by atoms with van der Waals surface area (Å²) in [7, 11) is -1.89. The lowest BCUT2D eigenvalue weighted by atomic mass is 9.87. The van der Waals surface area contributed by atoms with Gasteiger partial charge in [-0.3, -0.25) is 0 Å². The molecule has 0 spiro atoms. The normalized spacial score (nSPS) is 21.2. The van der Waals surface area contributed by atoms with Crippen LogP contribution in [0.4, 0.5) is 0 Å². The molecule has 1 aliphatic rings. The van der Waals surface area contributed by atoms with Crippen LogP contribution < -0.4 is 9.16 Å². The van der Waals surface area contributed by atoms with Crippen molar-refractivity contribution in [3.8, 4) is 11.5 Å². The van der Waals surface area contributed by atoms with Gasteiger partial charge in [0.25, 0.3) is 8.32 Å². The zero-order valence-electron chi connectivity index (χ0n) is 16.9. The lowest BCUT2D eigenvalue weighted by Gasteiger charge is -2.40. The minimum absolute atomic E-state index is 0.0478. The van der Waals surface area contributed by atoms with Gasteiger partial charge in [0, 0.05) is 5.56 Å². The van der Waals surface area contributed by atoms with E-state index >= 15 is 0 Å². The fourth-order valence-corrected chi connectivity index (χ4v) is 4.08. The van der Waals surface area contributed by atoms with Gasteiger partial charge in [0.2, 0.25) is 0 Å². The maximum Gasteiger partial charge on any atom is 0.250 e. The third-order valence-electron chi connectivity index (χ3n) is 6.06. The molecule has 0 aliphatic carbocycles. The average molecular weight is 351 g/mol. The van der Waals surface area contributed by atoms with Crippen molar-refractivity contribution >= 4 is 8.32 Å². The lowest BCUT2D eigenvalue weighted by molar-refractivity contribution is 0.00723. The Morgan fingerprint density at radius 2 is 1.71 bits per heavy atom. The van der Waals surface area contributed by atoms with Gasteiger partial charge < -0.3 is 14.3 Å². The van der Waals surface area contributed by atoms with E-state index in [1.807, 2.05) is 6.92 Å². The van der Waals surface area contributed by atoms with Gasteiger partial charge in [-0.05, 0) is 75.4 Å². The minimum atomic E-state index is -1.89. The second-order valence-corrected chi connectivity index (χ2v) is 13.8. The van der Waals surface area contributed by atoms with Crippen LogP contribution in [-0.2, 0) is 6.42 Å². The van der Waals surface area contributed by atoms with E-state index in [4.69, 9.17) is 9.16 Å². The van der Waals surface area contributed by atoms with E-state index in [1.54, 1.807) is 0 Å². The van der Waals surface area contributed by atoms with E-state index in [-0.39, 0.29) is 11.6 Å². The number of aliphatic hydroxyl groups excluding tert-OH is 1. The molecule has 0 aromatic heterocycles. The predicted octanol–water partition coefficient (Wildman–Crippen LogP) is 5.07. The van der Waals surface area contributed by atoms with Crippen molar-refractivity contribution in [3.63, 3.8) is 0 Å². The Morgan fingerprint density at radius 1 is 1.12 bits per heavy atom. The molecule has 4 heteroatoms. The lowest BCUT2D eigenvalue weighted by Crippen LogP contribution is -2.44. The van der Waals surface area contributed by atoms with Gasteiger partial charge in [0.05, 0.1) is 6.61 Å². The first-order chi connectivity index (χ1) is 10.8. The third kappa shape index (κ3) is 3.23. The zero-order valence-corrected chi connectivity index (χ0v) is 17.9. The fourth-order valence-electron chi connectivity index (χ4n) is 2.95. The van der Waals surface area contributed by atoms with Crippen LogP contribution in [0.15, 0.2) is 0 Å². The fraction of sp³-hybridized carbons (Fsp3) is 0.700. The van der Waals surface area contributed by atoms with Crippen LogP contribution in [-0.4, -0.2) is 25.6 Å². The Morgan fingerprint density at radius 3 is 2.21 bits per heavy atom. The molecule has 1 unspecified atom stereocenters. The number of fused-ring (bicyclic) bond motifs is 1. The summed E-state index contributed by atoms with van der Waals surface area (Å²) in [4.78, 5) is 0. The summed E-state index contributed by atoms with van der Waals surface area (Å²) in [6.07, 6.45) is 1.76. The molecule has 3 nitrogen and oxygen atoms in total. The number of benzene rings is 1. The summed E-state index contributed by atoms with van der Waals surface area (Å²) in [6, 6.07) is 0. The molecule has 0 bridgehead atoms. The maximum absolute atomic E-state index is 9.66. The highest BCUT2D eigenvalue weighted by Gasteiger charge is 2.41. The largest absolute Gasteiger partial charge is 0.543 e. The molecule has 1 N–H and O–H groups in total. The summed E-state index contributed by atoms with van der Waals surface area (Å²) in [6.45, 7) is 19.8. The van der Waals surface area contributed by atoms with Crippen molar-refractivity contribution in [2.75, 3.05) is 6.61 Å². The van der Waals surface area contributed by atoms with Gasteiger partial charge in [-0.15, -0.1) is 0 Å². The van der Waals surface area contributed by atoms with Gasteiger partial charge >= 0.3 is 0 Å². The Labute approximate surface area is 148 Å². The Balaban J connectivity index is 2.53. The molecule has 1 atom stereocenters. The van der Waals surface area contributed by atoms with Crippen molar-refractivity contribution in [1.82, 2.24) is 0 Å². The summed E-state index contributed by atoms with van der Waals surface area (Å²) in [5, 5.41) is 9.83. The van der Waals surface area contributed by atoms with Crippen molar-refractivity contribution in [2.45, 2.75) is 85.0 Å². The summed E-state index contributed by atoms with van der Waals surface area (Å²) in [5.41, 5.74) is 4.29. The summed E-state index contributed by atoms with van der Waals surface area (Å²) < 4.78 is 12.9. The monoisotopic (exact) mass is 350 g/mol. The zero-order chi connectivity index (χ0) is 18.5. The van der Waals surface area contributed by atoms with E-state index in [0.717, 1.165) is 29.9 Å². The highest BCUT2D eigenvalue weighted by atomic mass is 28.4. The molecule has 0 radical (unpaired) electrons. The van der Waals surface area contributed by atoms with Gasteiger partial charge in [-0.2, -0.15) is 0 Å². The van der Waals surface area contributed by atoms with E-state index in [0.29, 0.717) is 0 Å². The van der Waals surface area contributed by atoms with Crippen molar-refractivity contribution in [1.29, 1.82) is 0 Å². The molecule has 0 saturated carbocycles. The first kappa shape index (κ1) is 19.3. The molecule has 1 aliphatic heterocycles. The number of hydrogen-bond donors (Lipinski definition) is 1.